The monoisotopic (exact) mass is 333 g/mol. The van der Waals surface area contributed by atoms with E-state index in [2.05, 4.69) is 5.32 Å². The fourth-order valence-electron chi connectivity index (χ4n) is 1.08. The number of carbonyl (C=O) groups excluding carboxylic acids is 1. The van der Waals surface area contributed by atoms with Gasteiger partial charge in [0.2, 0.25) is 0 Å². The molecule has 82 valence electrons. The molecular formula is C10H22CsN3O+2. The van der Waals surface area contributed by atoms with Gasteiger partial charge in [-0.3, -0.25) is 4.90 Å². The third-order valence-corrected chi connectivity index (χ3v) is 1.70. The van der Waals surface area contributed by atoms with E-state index in [1.54, 1.807) is 13.0 Å². The Labute approximate surface area is 152 Å². The molecule has 5 heteroatoms. The maximum absolute atomic E-state index is 10.7. The first kappa shape index (κ1) is 21.4. The summed E-state index contributed by atoms with van der Waals surface area (Å²) in [5.41, 5.74) is 0. The molecule has 1 rings (SSSR count). The van der Waals surface area contributed by atoms with Gasteiger partial charge < -0.3 is 5.32 Å². The molecule has 0 spiro atoms. The Hall–Kier alpha value is 1.13. The standard InChI is InChI=1S/C6H12N2O.C2H3N.C2H6.Cs/c1-6(9)8-4-2-7-3-5-8;1-2-3;1-2;/h7H,2-5H2,1H3;1H3;1-2H3;/q;;;+1/p+1. The Balaban J connectivity index is -0.000000209. The van der Waals surface area contributed by atoms with E-state index in [-0.39, 0.29) is 74.8 Å². The van der Waals surface area contributed by atoms with Gasteiger partial charge in [0, 0.05) is 20.0 Å². The zero-order valence-corrected chi connectivity index (χ0v) is 17.0. The van der Waals surface area contributed by atoms with Crippen molar-refractivity contribution in [3.05, 3.63) is 0 Å². The van der Waals surface area contributed by atoms with Crippen LogP contribution in [0, 0.1) is 11.3 Å². The maximum Gasteiger partial charge on any atom is 1.00 e. The van der Waals surface area contributed by atoms with Crippen LogP contribution < -0.4 is 79.1 Å². The predicted octanol–water partition coefficient (Wildman–Crippen LogP) is -3.42. The molecule has 1 aliphatic heterocycles. The second-order valence-corrected chi connectivity index (χ2v) is 2.63. The summed E-state index contributed by atoms with van der Waals surface area (Å²) in [5.74, 6) is 0.275. The van der Waals surface area contributed by atoms with Crippen LogP contribution in [-0.4, -0.2) is 32.1 Å². The van der Waals surface area contributed by atoms with Gasteiger partial charge in [0.25, 0.3) is 0 Å². The van der Waals surface area contributed by atoms with Gasteiger partial charge >= 0.3 is 74.8 Å². The number of piperazine rings is 1. The molecule has 15 heavy (non-hydrogen) atoms. The molecule has 1 aliphatic rings. The van der Waals surface area contributed by atoms with Crippen LogP contribution in [0.2, 0.25) is 0 Å². The molecular weight excluding hydrogens is 311 g/mol. The SMILES string of the molecule is CC.CC#N.CC(=O)[NH+]1CCNCC1.[Cs+]. The van der Waals surface area contributed by atoms with Gasteiger partial charge in [-0.05, 0) is 0 Å². The molecule has 0 aliphatic carbocycles. The Morgan fingerprint density at radius 3 is 1.87 bits per heavy atom. The molecule has 0 radical (unpaired) electrons. The zero-order chi connectivity index (χ0) is 11.4. The first-order valence-corrected chi connectivity index (χ1v) is 5.09. The minimum absolute atomic E-state index is 0. The Bertz CT molecular complexity index is 174. The van der Waals surface area contributed by atoms with E-state index >= 15 is 0 Å². The molecule has 0 aromatic heterocycles. The van der Waals surface area contributed by atoms with Gasteiger partial charge in [0.15, 0.2) is 0 Å². The van der Waals surface area contributed by atoms with Gasteiger partial charge in [0.1, 0.15) is 0 Å². The zero-order valence-electron chi connectivity index (χ0n) is 10.7. The van der Waals surface area contributed by atoms with Crippen molar-refractivity contribution in [2.45, 2.75) is 27.7 Å². The molecule has 1 heterocycles. The first-order valence-electron chi connectivity index (χ1n) is 5.09. The largest absolute Gasteiger partial charge is 1.00 e. The van der Waals surface area contributed by atoms with Gasteiger partial charge in [-0.25, -0.2) is 4.79 Å². The maximum atomic E-state index is 10.7. The van der Waals surface area contributed by atoms with Crippen LogP contribution in [0.5, 0.6) is 0 Å². The summed E-state index contributed by atoms with van der Waals surface area (Å²) in [7, 11) is 0. The second kappa shape index (κ2) is 17.5. The third-order valence-electron chi connectivity index (χ3n) is 1.70. The van der Waals surface area contributed by atoms with Crippen LogP contribution in [0.4, 0.5) is 0 Å². The number of rotatable bonds is 0. The quantitative estimate of drug-likeness (QED) is 0.486. The Kier molecular flexibility index (Phi) is 25.0. The fraction of sp³-hybridized carbons (Fsp3) is 0.800. The van der Waals surface area contributed by atoms with E-state index in [0.717, 1.165) is 31.1 Å². The number of nitrogens with zero attached hydrogens (tertiary/aromatic N) is 1. The number of hydrogen-bond donors (Lipinski definition) is 2. The van der Waals surface area contributed by atoms with Crippen molar-refractivity contribution in [1.29, 1.82) is 5.26 Å². The van der Waals surface area contributed by atoms with E-state index in [0.29, 0.717) is 0 Å². The molecule has 0 bridgehead atoms. The minimum Gasteiger partial charge on any atom is -0.306 e. The molecule has 0 aromatic rings. The summed E-state index contributed by atoms with van der Waals surface area (Å²) in [6.45, 7) is 11.0. The smallest absolute Gasteiger partial charge is 0.306 e. The van der Waals surface area contributed by atoms with Crippen LogP contribution in [0.3, 0.4) is 0 Å². The van der Waals surface area contributed by atoms with E-state index in [1.807, 2.05) is 13.8 Å². The fourth-order valence-corrected chi connectivity index (χ4v) is 1.08. The van der Waals surface area contributed by atoms with Crippen LogP contribution in [-0.2, 0) is 4.79 Å². The average Bonchev–Trinajstić information content (AvgIpc) is 2.23. The topological polar surface area (TPSA) is 57.3 Å². The first-order chi connectivity index (χ1) is 6.72. The molecule has 1 saturated heterocycles. The number of nitriles is 1. The van der Waals surface area contributed by atoms with Crippen LogP contribution in [0.1, 0.15) is 27.7 Å². The van der Waals surface area contributed by atoms with Gasteiger partial charge in [0.05, 0.1) is 26.1 Å². The third kappa shape index (κ3) is 15.1. The number of hydrogen-bond acceptors (Lipinski definition) is 3. The van der Waals surface area contributed by atoms with Crippen LogP contribution in [0.15, 0.2) is 0 Å². The van der Waals surface area contributed by atoms with Gasteiger partial charge in [-0.2, -0.15) is 5.26 Å². The molecule has 0 saturated carbocycles. The summed E-state index contributed by atoms with van der Waals surface area (Å²) in [6, 6.07) is 1.75. The molecule has 0 unspecified atom stereocenters. The average molecular weight is 333 g/mol. The van der Waals surface area contributed by atoms with E-state index in [9.17, 15) is 4.79 Å². The number of carbonyl (C=O) groups is 1. The van der Waals surface area contributed by atoms with Crippen molar-refractivity contribution < 1.29 is 78.6 Å². The molecule has 4 nitrogen and oxygen atoms in total. The summed E-state index contributed by atoms with van der Waals surface area (Å²) in [5, 5.41) is 10.5. The molecule has 2 N–H and O–H groups in total. The number of nitrogens with one attached hydrogen (secondary N) is 2. The van der Waals surface area contributed by atoms with Gasteiger partial charge in [-0.15, -0.1) is 0 Å². The van der Waals surface area contributed by atoms with Crippen molar-refractivity contribution in [3.63, 3.8) is 0 Å². The predicted molar refractivity (Wildman–Crippen MR) is 56.9 cm³/mol. The normalized spacial score (nSPS) is 14.1. The van der Waals surface area contributed by atoms with Crippen molar-refractivity contribution in [3.8, 4) is 6.07 Å². The van der Waals surface area contributed by atoms with Gasteiger partial charge in [-0.1, -0.05) is 13.8 Å². The molecule has 0 atom stereocenters. The Morgan fingerprint density at radius 2 is 1.67 bits per heavy atom. The second-order valence-electron chi connectivity index (χ2n) is 2.63. The van der Waals surface area contributed by atoms with Crippen LogP contribution >= 0.6 is 0 Å². The summed E-state index contributed by atoms with van der Waals surface area (Å²) < 4.78 is 0. The van der Waals surface area contributed by atoms with E-state index < -0.39 is 0 Å². The number of quaternary nitrogens is 1. The van der Waals surface area contributed by atoms with Crippen molar-refractivity contribution in [2.24, 2.45) is 0 Å². The summed E-state index contributed by atoms with van der Waals surface area (Å²) in [4.78, 5) is 11.8. The van der Waals surface area contributed by atoms with Crippen LogP contribution in [0.25, 0.3) is 0 Å². The van der Waals surface area contributed by atoms with Crippen molar-refractivity contribution >= 4 is 5.91 Å². The molecule has 0 aromatic carbocycles. The van der Waals surface area contributed by atoms with E-state index in [1.165, 1.54) is 6.92 Å². The molecule has 1 amide bonds. The minimum atomic E-state index is 0. The van der Waals surface area contributed by atoms with E-state index in [4.69, 9.17) is 5.26 Å². The molecule has 1 fully saturated rings. The Morgan fingerprint density at radius 1 is 1.33 bits per heavy atom. The number of amides is 1. The summed E-state index contributed by atoms with van der Waals surface area (Å²) in [6.07, 6.45) is 0. The van der Waals surface area contributed by atoms with Crippen molar-refractivity contribution in [2.75, 3.05) is 26.2 Å². The van der Waals surface area contributed by atoms with Crippen molar-refractivity contribution in [1.82, 2.24) is 5.32 Å². The summed E-state index contributed by atoms with van der Waals surface area (Å²) >= 11 is 0.